The maximum absolute atomic E-state index is 13.1. The average molecular weight is 534 g/mol. The lowest BCUT2D eigenvalue weighted by molar-refractivity contribution is -0.110. The van der Waals surface area contributed by atoms with Gasteiger partial charge in [-0.1, -0.05) is 54.6 Å². The first-order valence-corrected chi connectivity index (χ1v) is 11.5. The number of rotatable bonds is 3. The van der Waals surface area contributed by atoms with E-state index in [9.17, 15) is 20.1 Å². The molecule has 1 aliphatic carbocycles. The number of benzene rings is 2. The van der Waals surface area contributed by atoms with Crippen LogP contribution in [0.5, 0.6) is 17.2 Å². The molecular weight excluding hydrogens is 507 g/mol. The van der Waals surface area contributed by atoms with Gasteiger partial charge >= 0.3 is 0 Å². The van der Waals surface area contributed by atoms with Crippen molar-refractivity contribution in [1.82, 2.24) is 0 Å². The quantitative estimate of drug-likeness (QED) is 0.222. The smallest absolute Gasteiger partial charge is 0.189 e. The van der Waals surface area contributed by atoms with Gasteiger partial charge < -0.3 is 20.1 Å². The summed E-state index contributed by atoms with van der Waals surface area (Å²) in [5.74, 6) is 0.481. The Morgan fingerprint density at radius 3 is 2.48 bits per heavy atom. The Morgan fingerprint density at radius 2 is 1.81 bits per heavy atom. The molecule has 3 atom stereocenters. The van der Waals surface area contributed by atoms with Gasteiger partial charge in [0, 0.05) is 11.0 Å². The minimum atomic E-state index is -0.590. The van der Waals surface area contributed by atoms with E-state index in [1.165, 1.54) is 6.08 Å². The van der Waals surface area contributed by atoms with Crippen molar-refractivity contribution in [1.29, 1.82) is 0 Å². The van der Waals surface area contributed by atoms with Crippen LogP contribution in [0.4, 0.5) is 0 Å². The number of ether oxygens (including phenoxy) is 1. The molecule has 0 radical (unpaired) electrons. The fourth-order valence-corrected chi connectivity index (χ4v) is 6.00. The van der Waals surface area contributed by atoms with Crippen LogP contribution in [0.25, 0.3) is 6.08 Å². The zero-order chi connectivity index (χ0) is 22.6. The van der Waals surface area contributed by atoms with Crippen LogP contribution in [0.1, 0.15) is 55.1 Å². The number of aliphatic hydroxyl groups excluding tert-OH is 1. The zero-order valence-electron chi connectivity index (χ0n) is 17.9. The number of aromatic hydroxyl groups is 2. The van der Waals surface area contributed by atoms with E-state index in [2.05, 4.69) is 22.6 Å². The van der Waals surface area contributed by atoms with Gasteiger partial charge in [0.15, 0.2) is 5.78 Å². The van der Waals surface area contributed by atoms with Crippen LogP contribution in [0.3, 0.4) is 0 Å². The molecule has 3 N–H and O–H groups in total. The van der Waals surface area contributed by atoms with Crippen molar-refractivity contribution in [3.8, 4) is 17.2 Å². The molecule has 6 heteroatoms. The van der Waals surface area contributed by atoms with Gasteiger partial charge in [-0.15, -0.1) is 0 Å². The maximum Gasteiger partial charge on any atom is 0.189 e. The first-order chi connectivity index (χ1) is 14.5. The average Bonchev–Trinajstić information content (AvgIpc) is 2.72. The minimum absolute atomic E-state index is 0.100. The van der Waals surface area contributed by atoms with Gasteiger partial charge in [0.25, 0.3) is 0 Å². The summed E-state index contributed by atoms with van der Waals surface area (Å²) in [7, 11) is 0. The van der Waals surface area contributed by atoms with Crippen molar-refractivity contribution in [2.24, 2.45) is 5.41 Å². The fourth-order valence-electron chi connectivity index (χ4n) is 4.88. The molecule has 0 amide bonds. The first-order valence-electron chi connectivity index (χ1n) is 10.4. The summed E-state index contributed by atoms with van der Waals surface area (Å²) in [4.78, 5) is 13.1. The van der Waals surface area contributed by atoms with E-state index in [4.69, 9.17) is 4.74 Å². The molecular formula is C25H27IO5. The van der Waals surface area contributed by atoms with Crippen molar-refractivity contribution < 1.29 is 24.9 Å². The third-order valence-electron chi connectivity index (χ3n) is 7.16. The largest absolute Gasteiger partial charge is 0.508 e. The van der Waals surface area contributed by atoms with Gasteiger partial charge in [0.1, 0.15) is 22.8 Å². The van der Waals surface area contributed by atoms with E-state index in [0.29, 0.717) is 36.1 Å². The van der Waals surface area contributed by atoms with Crippen LogP contribution in [0.2, 0.25) is 0 Å². The highest BCUT2D eigenvalue weighted by molar-refractivity contribution is 14.1. The second-order valence-corrected chi connectivity index (χ2v) is 11.2. The fraction of sp³-hybridized carbons (Fsp3) is 0.400. The summed E-state index contributed by atoms with van der Waals surface area (Å²) >= 11 is 2.40. The molecule has 2 aliphatic rings. The van der Waals surface area contributed by atoms with Crippen molar-refractivity contribution >= 4 is 34.5 Å². The predicted octanol–water partition coefficient (Wildman–Crippen LogP) is 5.04. The van der Waals surface area contributed by atoms with E-state index >= 15 is 0 Å². The summed E-state index contributed by atoms with van der Waals surface area (Å²) in [6, 6.07) is 9.72. The normalized spacial score (nSPS) is 29.1. The molecule has 4 rings (SSSR count). The molecule has 2 aromatic carbocycles. The predicted molar refractivity (Wildman–Crippen MR) is 128 cm³/mol. The van der Waals surface area contributed by atoms with Crippen LogP contribution < -0.4 is 4.74 Å². The number of aliphatic hydroxyl groups is 1. The number of phenolic OH excluding ortho intramolecular Hbond substituents is 2. The van der Waals surface area contributed by atoms with E-state index in [1.807, 2.05) is 20.8 Å². The summed E-state index contributed by atoms with van der Waals surface area (Å²) in [6.45, 7) is 6.13. The highest BCUT2D eigenvalue weighted by Gasteiger charge is 2.64. The number of hydrogen-bond donors (Lipinski definition) is 3. The van der Waals surface area contributed by atoms with Gasteiger partial charge in [-0.25, -0.2) is 0 Å². The van der Waals surface area contributed by atoms with E-state index < -0.39 is 20.5 Å². The number of alkyl halides is 1. The molecule has 0 bridgehead atoms. The highest BCUT2D eigenvalue weighted by Crippen LogP contribution is 2.61. The standard InChI is InChI=1S/C25H27IO5/c1-23(2)21(30)12-13-24(3)25(23,26)14-18-20(29)11-9-17(22(18)31-24)19(28)10-6-15-4-7-16(27)8-5-15/h4-11,21,27,29-30H,12-14H2,1-3H3/b10-6+. The Labute approximate surface area is 195 Å². The molecule has 164 valence electrons. The van der Waals surface area contributed by atoms with Crippen LogP contribution in [0.15, 0.2) is 42.5 Å². The SMILES string of the molecule is CC12CCC(O)C(C)(C)C1(I)Cc1c(O)ccc(C(=O)/C=C/c3ccc(O)cc3)c1O2. The Balaban J connectivity index is 1.74. The number of hydrogen-bond acceptors (Lipinski definition) is 5. The number of halogens is 1. The zero-order valence-corrected chi connectivity index (χ0v) is 20.0. The topological polar surface area (TPSA) is 87.0 Å². The Kier molecular flexibility index (Phi) is 5.37. The van der Waals surface area contributed by atoms with E-state index in [0.717, 1.165) is 5.56 Å². The van der Waals surface area contributed by atoms with Crippen molar-refractivity contribution in [3.63, 3.8) is 0 Å². The van der Waals surface area contributed by atoms with Gasteiger partial charge in [-0.05, 0) is 62.1 Å². The number of carbonyl (C=O) groups is 1. The van der Waals surface area contributed by atoms with Crippen LogP contribution in [0, 0.1) is 5.41 Å². The molecule has 1 fully saturated rings. The molecule has 31 heavy (non-hydrogen) atoms. The van der Waals surface area contributed by atoms with Gasteiger partial charge in [-0.3, -0.25) is 4.79 Å². The maximum atomic E-state index is 13.1. The van der Waals surface area contributed by atoms with Gasteiger partial charge in [-0.2, -0.15) is 0 Å². The Bertz CT molecular complexity index is 1060. The number of fused-ring (bicyclic) bond motifs is 2. The number of allylic oxidation sites excluding steroid dienone is 1. The summed E-state index contributed by atoms with van der Waals surface area (Å²) in [6.07, 6.45) is 4.47. The van der Waals surface area contributed by atoms with Gasteiger partial charge in [0.2, 0.25) is 0 Å². The van der Waals surface area contributed by atoms with Crippen LogP contribution >= 0.6 is 22.6 Å². The minimum Gasteiger partial charge on any atom is -0.508 e. The summed E-state index contributed by atoms with van der Waals surface area (Å²) < 4.78 is 6.09. The summed E-state index contributed by atoms with van der Waals surface area (Å²) in [5.41, 5.74) is 0.779. The monoisotopic (exact) mass is 534 g/mol. The Morgan fingerprint density at radius 1 is 1.13 bits per heavy atom. The molecule has 1 aliphatic heterocycles. The van der Waals surface area contributed by atoms with Gasteiger partial charge in [0.05, 0.1) is 15.1 Å². The van der Waals surface area contributed by atoms with Crippen LogP contribution in [-0.2, 0) is 6.42 Å². The molecule has 2 aromatic rings. The lowest BCUT2D eigenvalue weighted by Gasteiger charge is -2.61. The molecule has 5 nitrogen and oxygen atoms in total. The first kappa shape index (κ1) is 22.1. The molecule has 0 aromatic heterocycles. The number of ketones is 1. The number of phenols is 2. The Hall–Kier alpha value is -2.06. The summed E-state index contributed by atoms with van der Waals surface area (Å²) in [5, 5.41) is 30.7. The van der Waals surface area contributed by atoms with Crippen molar-refractivity contribution in [2.75, 3.05) is 0 Å². The lowest BCUT2D eigenvalue weighted by Crippen LogP contribution is -2.68. The molecule has 3 unspecified atom stereocenters. The molecule has 0 saturated heterocycles. The van der Waals surface area contributed by atoms with Crippen molar-refractivity contribution in [2.45, 2.75) is 55.2 Å². The highest BCUT2D eigenvalue weighted by atomic mass is 127. The third kappa shape index (κ3) is 3.44. The van der Waals surface area contributed by atoms with Crippen LogP contribution in [-0.4, -0.2) is 36.2 Å². The van der Waals surface area contributed by atoms with Crippen molar-refractivity contribution in [3.05, 3.63) is 59.2 Å². The molecule has 1 heterocycles. The molecule has 1 saturated carbocycles. The lowest BCUT2D eigenvalue weighted by atomic mass is 9.57. The molecule has 0 spiro atoms. The van der Waals surface area contributed by atoms with E-state index in [1.54, 1.807) is 42.5 Å². The second kappa shape index (κ2) is 7.52. The number of carbonyl (C=O) groups excluding carboxylic acids is 1. The van der Waals surface area contributed by atoms with E-state index in [-0.39, 0.29) is 17.3 Å². The third-order valence-corrected chi connectivity index (χ3v) is 10.1. The second-order valence-electron chi connectivity index (χ2n) is 9.32.